The third-order valence-electron chi connectivity index (χ3n) is 6.48. The number of carbonyl (C=O) groups is 1. The van der Waals surface area contributed by atoms with Gasteiger partial charge in [-0.3, -0.25) is 4.79 Å². The van der Waals surface area contributed by atoms with Crippen LogP contribution in [0, 0.1) is 6.92 Å². The largest absolute Gasteiger partial charge is 0.344 e. The first-order valence-electron chi connectivity index (χ1n) is 11.4. The Labute approximate surface area is 185 Å². The van der Waals surface area contributed by atoms with Crippen LogP contribution in [-0.2, 0) is 4.79 Å². The molecule has 0 spiro atoms. The fourth-order valence-corrected chi connectivity index (χ4v) is 4.56. The number of amides is 1. The smallest absolute Gasteiger partial charge is 0.242 e. The van der Waals surface area contributed by atoms with Crippen molar-refractivity contribution in [2.45, 2.75) is 57.0 Å². The van der Waals surface area contributed by atoms with E-state index in [-0.39, 0.29) is 11.9 Å². The minimum absolute atomic E-state index is 0.173. The molecule has 0 radical (unpaired) electrons. The van der Waals surface area contributed by atoms with Crippen LogP contribution in [0.4, 0.5) is 0 Å². The van der Waals surface area contributed by atoms with E-state index in [0.717, 1.165) is 16.7 Å². The van der Waals surface area contributed by atoms with Gasteiger partial charge in [0.2, 0.25) is 5.91 Å². The fourth-order valence-electron chi connectivity index (χ4n) is 4.56. The topological polar surface area (TPSA) is 55.1 Å². The first-order chi connectivity index (χ1) is 15.1. The van der Waals surface area contributed by atoms with E-state index in [1.807, 2.05) is 30.3 Å². The molecule has 160 valence electrons. The maximum absolute atomic E-state index is 13.0. The van der Waals surface area contributed by atoms with Gasteiger partial charge in [-0.25, -0.2) is 0 Å². The number of nitrogens with two attached hydrogens (primary N) is 1. The van der Waals surface area contributed by atoms with Gasteiger partial charge in [-0.2, -0.15) is 0 Å². The van der Waals surface area contributed by atoms with Crippen molar-refractivity contribution in [1.82, 2.24) is 5.32 Å². The molecular formula is C28H32N2O. The second-order valence-electron chi connectivity index (χ2n) is 8.74. The highest BCUT2D eigenvalue weighted by Gasteiger charge is 2.23. The third kappa shape index (κ3) is 5.23. The van der Waals surface area contributed by atoms with Crippen molar-refractivity contribution in [3.05, 3.63) is 107 Å². The molecule has 1 saturated carbocycles. The van der Waals surface area contributed by atoms with Crippen molar-refractivity contribution in [3.63, 3.8) is 0 Å². The van der Waals surface area contributed by atoms with Gasteiger partial charge in [-0.05, 0) is 47.9 Å². The molecule has 3 N–H and O–H groups in total. The average Bonchev–Trinajstić information content (AvgIpc) is 2.84. The Morgan fingerprint density at radius 3 is 2.00 bits per heavy atom. The highest BCUT2D eigenvalue weighted by Crippen LogP contribution is 2.33. The monoisotopic (exact) mass is 412 g/mol. The number of nitrogens with one attached hydrogen (secondary N) is 1. The second kappa shape index (κ2) is 9.93. The minimum atomic E-state index is -0.698. The molecule has 3 heteroatoms. The molecule has 1 fully saturated rings. The summed E-state index contributed by atoms with van der Waals surface area (Å²) < 4.78 is 0. The predicted octanol–water partition coefficient (Wildman–Crippen LogP) is 5.95. The number of aryl methyl sites for hydroxylation is 1. The molecule has 1 amide bonds. The number of benzene rings is 3. The quantitative estimate of drug-likeness (QED) is 0.526. The fraction of sp³-hybridized carbons (Fsp3) is 0.321. The maximum atomic E-state index is 13.0. The molecule has 0 aliphatic heterocycles. The standard InChI is InChI=1S/C28H32N2O/c1-20-12-14-24(15-13-20)27(30-28(31)26(29)23-10-6-3-7-11-23)25-18-16-22(17-19-25)21-8-4-2-5-9-21/h3,6-7,10-19,21,26-27H,2,4-5,8-9,29H2,1H3,(H,30,31)/t26-,27?/m0/s1. The molecule has 3 aromatic carbocycles. The van der Waals surface area contributed by atoms with E-state index in [1.54, 1.807) is 0 Å². The van der Waals surface area contributed by atoms with E-state index in [4.69, 9.17) is 5.73 Å². The van der Waals surface area contributed by atoms with Gasteiger partial charge in [-0.15, -0.1) is 0 Å². The molecule has 1 aliphatic carbocycles. The SMILES string of the molecule is Cc1ccc(C(NC(=O)[C@@H](N)c2ccccc2)c2ccc(C3CCCCC3)cc2)cc1. The molecule has 0 saturated heterocycles. The van der Waals surface area contributed by atoms with Crippen LogP contribution in [0.1, 0.15) is 77.9 Å². The highest BCUT2D eigenvalue weighted by molar-refractivity contribution is 5.83. The third-order valence-corrected chi connectivity index (χ3v) is 6.48. The Hall–Kier alpha value is -2.91. The van der Waals surface area contributed by atoms with Crippen LogP contribution in [0.25, 0.3) is 0 Å². The minimum Gasteiger partial charge on any atom is -0.344 e. The van der Waals surface area contributed by atoms with Gasteiger partial charge < -0.3 is 11.1 Å². The Morgan fingerprint density at radius 1 is 0.806 bits per heavy atom. The lowest BCUT2D eigenvalue weighted by atomic mass is 9.83. The molecule has 2 atom stereocenters. The lowest BCUT2D eigenvalue weighted by molar-refractivity contribution is -0.123. The summed E-state index contributed by atoms with van der Waals surface area (Å²) in [6.45, 7) is 2.07. The summed E-state index contributed by atoms with van der Waals surface area (Å²) in [7, 11) is 0. The van der Waals surface area contributed by atoms with Crippen LogP contribution in [0.15, 0.2) is 78.9 Å². The summed E-state index contributed by atoms with van der Waals surface area (Å²) in [6.07, 6.45) is 6.57. The van der Waals surface area contributed by atoms with Crippen molar-refractivity contribution >= 4 is 5.91 Å². The normalized spacial score (nSPS) is 16.5. The Kier molecular flexibility index (Phi) is 6.83. The molecular weight excluding hydrogens is 380 g/mol. The van der Waals surface area contributed by atoms with Crippen molar-refractivity contribution in [3.8, 4) is 0 Å². The van der Waals surface area contributed by atoms with Gasteiger partial charge in [0, 0.05) is 0 Å². The van der Waals surface area contributed by atoms with Gasteiger partial charge in [-0.1, -0.05) is 104 Å². The van der Waals surface area contributed by atoms with E-state index in [2.05, 4.69) is 60.8 Å². The van der Waals surface area contributed by atoms with E-state index in [9.17, 15) is 4.79 Å². The number of hydrogen-bond acceptors (Lipinski definition) is 2. The average molecular weight is 413 g/mol. The molecule has 3 nitrogen and oxygen atoms in total. The molecule has 0 aromatic heterocycles. The van der Waals surface area contributed by atoms with Gasteiger partial charge in [0.25, 0.3) is 0 Å². The van der Waals surface area contributed by atoms with Crippen molar-refractivity contribution in [1.29, 1.82) is 0 Å². The predicted molar refractivity (Wildman–Crippen MR) is 127 cm³/mol. The first-order valence-corrected chi connectivity index (χ1v) is 11.4. The Bertz CT molecular complexity index is 974. The van der Waals surface area contributed by atoms with Crippen LogP contribution >= 0.6 is 0 Å². The highest BCUT2D eigenvalue weighted by atomic mass is 16.2. The number of hydrogen-bond donors (Lipinski definition) is 2. The van der Waals surface area contributed by atoms with Crippen molar-refractivity contribution < 1.29 is 4.79 Å². The molecule has 1 unspecified atom stereocenters. The van der Waals surface area contributed by atoms with Crippen LogP contribution in [0.3, 0.4) is 0 Å². The van der Waals surface area contributed by atoms with Gasteiger partial charge >= 0.3 is 0 Å². The Morgan fingerprint density at radius 2 is 1.39 bits per heavy atom. The summed E-state index contributed by atoms with van der Waals surface area (Å²) in [5, 5.41) is 3.20. The van der Waals surface area contributed by atoms with Crippen molar-refractivity contribution in [2.24, 2.45) is 5.73 Å². The van der Waals surface area contributed by atoms with E-state index in [0.29, 0.717) is 5.92 Å². The van der Waals surface area contributed by atoms with Crippen molar-refractivity contribution in [2.75, 3.05) is 0 Å². The summed E-state index contributed by atoms with van der Waals surface area (Å²) in [5.41, 5.74) is 11.8. The molecule has 3 aromatic rings. The van der Waals surface area contributed by atoms with E-state index >= 15 is 0 Å². The van der Waals surface area contributed by atoms with Crippen LogP contribution in [-0.4, -0.2) is 5.91 Å². The summed E-state index contributed by atoms with van der Waals surface area (Å²) in [4.78, 5) is 13.0. The lowest BCUT2D eigenvalue weighted by Gasteiger charge is -2.25. The van der Waals surface area contributed by atoms with Gasteiger partial charge in [0.05, 0.1) is 6.04 Å². The zero-order chi connectivity index (χ0) is 21.6. The maximum Gasteiger partial charge on any atom is 0.242 e. The second-order valence-corrected chi connectivity index (χ2v) is 8.74. The summed E-state index contributed by atoms with van der Waals surface area (Å²) in [6, 6.07) is 25.8. The number of rotatable bonds is 6. The summed E-state index contributed by atoms with van der Waals surface area (Å²) in [5.74, 6) is 0.495. The van der Waals surface area contributed by atoms with E-state index in [1.165, 1.54) is 43.2 Å². The Balaban J connectivity index is 1.58. The molecule has 4 rings (SSSR count). The lowest BCUT2D eigenvalue weighted by Crippen LogP contribution is -2.37. The van der Waals surface area contributed by atoms with Crippen LogP contribution in [0.2, 0.25) is 0 Å². The van der Waals surface area contributed by atoms with E-state index < -0.39 is 6.04 Å². The molecule has 0 heterocycles. The molecule has 0 bridgehead atoms. The number of carbonyl (C=O) groups excluding carboxylic acids is 1. The molecule has 1 aliphatic rings. The zero-order valence-corrected chi connectivity index (χ0v) is 18.3. The van der Waals surface area contributed by atoms with Crippen LogP contribution < -0.4 is 11.1 Å². The zero-order valence-electron chi connectivity index (χ0n) is 18.3. The first kappa shape index (κ1) is 21.3. The van der Waals surface area contributed by atoms with Crippen LogP contribution in [0.5, 0.6) is 0 Å². The van der Waals surface area contributed by atoms with Gasteiger partial charge in [0.1, 0.15) is 6.04 Å². The summed E-state index contributed by atoms with van der Waals surface area (Å²) >= 11 is 0. The molecule has 31 heavy (non-hydrogen) atoms. The van der Waals surface area contributed by atoms with Gasteiger partial charge in [0.15, 0.2) is 0 Å².